The van der Waals surface area contributed by atoms with Crippen molar-refractivity contribution in [1.82, 2.24) is 10.8 Å². The van der Waals surface area contributed by atoms with Gasteiger partial charge in [0.25, 0.3) is 5.91 Å². The molecular weight excluding hydrogens is 184 g/mol. The zero-order chi connectivity index (χ0) is 10.6. The minimum absolute atomic E-state index is 0.0750. The van der Waals surface area contributed by atoms with Gasteiger partial charge in [0, 0.05) is 6.42 Å². The van der Waals surface area contributed by atoms with Crippen LogP contribution in [0, 0.1) is 5.92 Å². The maximum Gasteiger partial charge on any atom is 0.266 e. The summed E-state index contributed by atoms with van der Waals surface area (Å²) in [6, 6.07) is -0.422. The van der Waals surface area contributed by atoms with E-state index >= 15 is 0 Å². The number of hydroxylamine groups is 1. The van der Waals surface area contributed by atoms with Gasteiger partial charge in [-0.25, -0.2) is 5.48 Å². The van der Waals surface area contributed by atoms with Gasteiger partial charge in [0.05, 0.1) is 6.61 Å². The number of carbonyl (C=O) groups excluding carboxylic acids is 2. The Morgan fingerprint density at radius 1 is 1.71 bits per heavy atom. The maximum atomic E-state index is 11.3. The Kier molecular flexibility index (Phi) is 3.88. The third kappa shape index (κ3) is 3.33. The lowest BCUT2D eigenvalue weighted by molar-refractivity contribution is -0.137. The first-order valence-corrected chi connectivity index (χ1v) is 4.80. The van der Waals surface area contributed by atoms with Crippen LogP contribution in [0.3, 0.4) is 0 Å². The first-order chi connectivity index (χ1) is 6.59. The van der Waals surface area contributed by atoms with Gasteiger partial charge >= 0.3 is 0 Å². The minimum Gasteiger partial charge on any atom is -0.344 e. The van der Waals surface area contributed by atoms with E-state index in [1.165, 1.54) is 0 Å². The van der Waals surface area contributed by atoms with Crippen molar-refractivity contribution in [3.63, 3.8) is 0 Å². The van der Waals surface area contributed by atoms with E-state index in [0.29, 0.717) is 25.4 Å². The van der Waals surface area contributed by atoms with Crippen molar-refractivity contribution in [3.05, 3.63) is 0 Å². The zero-order valence-corrected chi connectivity index (χ0v) is 8.50. The molecule has 80 valence electrons. The monoisotopic (exact) mass is 200 g/mol. The van der Waals surface area contributed by atoms with E-state index in [0.717, 1.165) is 0 Å². The third-order valence-corrected chi connectivity index (χ3v) is 1.90. The Bertz CT molecular complexity index is 228. The summed E-state index contributed by atoms with van der Waals surface area (Å²) in [5.41, 5.74) is 2.32. The van der Waals surface area contributed by atoms with Crippen molar-refractivity contribution < 1.29 is 14.4 Å². The van der Waals surface area contributed by atoms with Crippen molar-refractivity contribution in [1.29, 1.82) is 0 Å². The molecule has 0 aliphatic carbocycles. The summed E-state index contributed by atoms with van der Waals surface area (Å²) in [5, 5.41) is 2.56. The molecule has 1 rings (SSSR count). The van der Waals surface area contributed by atoms with Crippen LogP contribution in [0.2, 0.25) is 0 Å². The van der Waals surface area contributed by atoms with Crippen molar-refractivity contribution >= 4 is 11.8 Å². The van der Waals surface area contributed by atoms with Gasteiger partial charge in [-0.05, 0) is 12.3 Å². The van der Waals surface area contributed by atoms with E-state index in [-0.39, 0.29) is 11.8 Å². The summed E-state index contributed by atoms with van der Waals surface area (Å²) in [4.78, 5) is 27.1. The van der Waals surface area contributed by atoms with E-state index in [1.807, 2.05) is 13.8 Å². The Balaban J connectivity index is 2.18. The highest BCUT2D eigenvalue weighted by molar-refractivity contribution is 5.90. The van der Waals surface area contributed by atoms with Crippen LogP contribution in [-0.4, -0.2) is 24.5 Å². The second-order valence-electron chi connectivity index (χ2n) is 3.83. The van der Waals surface area contributed by atoms with Gasteiger partial charge in [0.1, 0.15) is 6.04 Å². The van der Waals surface area contributed by atoms with Gasteiger partial charge in [0.15, 0.2) is 0 Å². The maximum absolute atomic E-state index is 11.3. The molecule has 0 radical (unpaired) electrons. The van der Waals surface area contributed by atoms with Crippen LogP contribution < -0.4 is 10.8 Å². The minimum atomic E-state index is -0.422. The van der Waals surface area contributed by atoms with Crippen LogP contribution in [0.4, 0.5) is 0 Å². The summed E-state index contributed by atoms with van der Waals surface area (Å²) >= 11 is 0. The summed E-state index contributed by atoms with van der Waals surface area (Å²) < 4.78 is 0. The molecule has 5 heteroatoms. The quantitative estimate of drug-likeness (QED) is 0.626. The fourth-order valence-corrected chi connectivity index (χ4v) is 1.16. The molecule has 0 aromatic rings. The second kappa shape index (κ2) is 4.95. The van der Waals surface area contributed by atoms with Crippen molar-refractivity contribution in [2.24, 2.45) is 5.92 Å². The molecule has 1 saturated heterocycles. The van der Waals surface area contributed by atoms with Crippen LogP contribution in [-0.2, 0) is 14.4 Å². The molecule has 2 N–H and O–H groups in total. The normalized spacial score (nSPS) is 21.1. The number of hydrogen-bond acceptors (Lipinski definition) is 3. The Labute approximate surface area is 83.1 Å². The van der Waals surface area contributed by atoms with Crippen molar-refractivity contribution in [2.75, 3.05) is 6.61 Å². The van der Waals surface area contributed by atoms with E-state index in [4.69, 9.17) is 4.84 Å². The summed E-state index contributed by atoms with van der Waals surface area (Å²) in [7, 11) is 0. The molecule has 1 aliphatic heterocycles. The summed E-state index contributed by atoms with van der Waals surface area (Å²) in [5.74, 6) is 0.0268. The molecule has 1 heterocycles. The molecule has 0 spiro atoms. The molecule has 0 unspecified atom stereocenters. The van der Waals surface area contributed by atoms with Gasteiger partial charge in [-0.2, -0.15) is 0 Å². The predicted octanol–water partition coefficient (Wildman–Crippen LogP) is -0.0312. The highest BCUT2D eigenvalue weighted by Crippen LogP contribution is 2.06. The predicted molar refractivity (Wildman–Crippen MR) is 50.1 cm³/mol. The molecule has 1 atom stereocenters. The lowest BCUT2D eigenvalue weighted by Crippen LogP contribution is -2.41. The van der Waals surface area contributed by atoms with Crippen LogP contribution >= 0.6 is 0 Å². The molecule has 0 aromatic carbocycles. The molecule has 1 aliphatic rings. The van der Waals surface area contributed by atoms with E-state index in [2.05, 4.69) is 10.8 Å². The Morgan fingerprint density at radius 2 is 2.43 bits per heavy atom. The van der Waals surface area contributed by atoms with Gasteiger partial charge < -0.3 is 5.32 Å². The first kappa shape index (κ1) is 11.0. The second-order valence-corrected chi connectivity index (χ2v) is 3.83. The van der Waals surface area contributed by atoms with Crippen LogP contribution in [0.1, 0.15) is 26.7 Å². The molecular formula is C9H16N2O3. The molecule has 2 amide bonds. The van der Waals surface area contributed by atoms with Gasteiger partial charge in [-0.3, -0.25) is 14.4 Å². The molecule has 0 saturated carbocycles. The Hall–Kier alpha value is -1.10. The van der Waals surface area contributed by atoms with Gasteiger partial charge in [0.2, 0.25) is 5.91 Å². The van der Waals surface area contributed by atoms with Crippen LogP contribution in [0.15, 0.2) is 0 Å². The van der Waals surface area contributed by atoms with Crippen molar-refractivity contribution in [2.45, 2.75) is 32.7 Å². The molecule has 5 nitrogen and oxygen atoms in total. The van der Waals surface area contributed by atoms with Crippen LogP contribution in [0.25, 0.3) is 0 Å². The molecule has 0 aromatic heterocycles. The number of rotatable bonds is 4. The highest BCUT2D eigenvalue weighted by Gasteiger charge is 2.27. The van der Waals surface area contributed by atoms with Crippen LogP contribution in [0.5, 0.6) is 0 Å². The third-order valence-electron chi connectivity index (χ3n) is 1.90. The molecule has 0 bridgehead atoms. The number of hydrogen-bond donors (Lipinski definition) is 2. The standard InChI is InChI=1S/C9H16N2O3/c1-6(2)5-14-11-9(13)7-3-4-8(12)10-7/h6-7H,3-5H2,1-2H3,(H,10,12)(H,11,13)/t7-/m0/s1. The SMILES string of the molecule is CC(C)CONC(=O)[C@@H]1CCC(=O)N1. The number of amides is 2. The van der Waals surface area contributed by atoms with E-state index in [9.17, 15) is 9.59 Å². The molecule has 14 heavy (non-hydrogen) atoms. The summed E-state index contributed by atoms with van der Waals surface area (Å²) in [6.07, 6.45) is 0.970. The average molecular weight is 200 g/mol. The van der Waals surface area contributed by atoms with Crippen molar-refractivity contribution in [3.8, 4) is 0 Å². The highest BCUT2D eigenvalue weighted by atomic mass is 16.7. The number of nitrogens with one attached hydrogen (secondary N) is 2. The largest absolute Gasteiger partial charge is 0.344 e. The van der Waals surface area contributed by atoms with Gasteiger partial charge in [-0.15, -0.1) is 0 Å². The fourth-order valence-electron chi connectivity index (χ4n) is 1.16. The fraction of sp³-hybridized carbons (Fsp3) is 0.778. The first-order valence-electron chi connectivity index (χ1n) is 4.80. The van der Waals surface area contributed by atoms with E-state index < -0.39 is 6.04 Å². The zero-order valence-electron chi connectivity index (χ0n) is 8.50. The lowest BCUT2D eigenvalue weighted by atomic mass is 10.2. The number of carbonyl (C=O) groups is 2. The van der Waals surface area contributed by atoms with E-state index in [1.54, 1.807) is 0 Å². The smallest absolute Gasteiger partial charge is 0.266 e. The Morgan fingerprint density at radius 3 is 2.93 bits per heavy atom. The molecule has 1 fully saturated rings. The van der Waals surface area contributed by atoms with Gasteiger partial charge in [-0.1, -0.05) is 13.8 Å². The topological polar surface area (TPSA) is 67.4 Å². The lowest BCUT2D eigenvalue weighted by Gasteiger charge is -2.11. The average Bonchev–Trinajstić information content (AvgIpc) is 2.51. The summed E-state index contributed by atoms with van der Waals surface area (Å²) in [6.45, 7) is 4.46.